The average molecular weight is 277 g/mol. The minimum Gasteiger partial charge on any atom is -0.493 e. The highest BCUT2D eigenvalue weighted by Gasteiger charge is 2.15. The molecule has 1 aliphatic heterocycles. The van der Waals surface area contributed by atoms with Crippen LogP contribution in [0.25, 0.3) is 0 Å². The second-order valence-corrected chi connectivity index (χ2v) is 6.07. The van der Waals surface area contributed by atoms with Gasteiger partial charge in [0.2, 0.25) is 0 Å². The molecule has 1 aromatic carbocycles. The Morgan fingerprint density at radius 2 is 2.20 bits per heavy atom. The number of amides is 1. The summed E-state index contributed by atoms with van der Waals surface area (Å²) in [6.07, 6.45) is 2.58. The van der Waals surface area contributed by atoms with Crippen molar-refractivity contribution in [2.45, 2.75) is 45.6 Å². The third-order valence-electron chi connectivity index (χ3n) is 3.06. The van der Waals surface area contributed by atoms with Crippen molar-refractivity contribution in [1.82, 2.24) is 5.32 Å². The molecule has 0 spiro atoms. The first-order valence-electron chi connectivity index (χ1n) is 7.15. The molecule has 1 N–H and O–H groups in total. The lowest BCUT2D eigenvalue weighted by atomic mass is 10.0. The van der Waals surface area contributed by atoms with Crippen LogP contribution in [0.2, 0.25) is 0 Å². The molecule has 0 aromatic heterocycles. The van der Waals surface area contributed by atoms with Crippen LogP contribution >= 0.6 is 0 Å². The molecule has 1 aromatic rings. The SMILES string of the molecule is CC(C)(C)OC(=O)NCCc1ccc2c(c1)OCCC2. The summed E-state index contributed by atoms with van der Waals surface area (Å²) in [5.74, 6) is 0.992. The molecule has 0 bridgehead atoms. The number of hydrogen-bond donors (Lipinski definition) is 1. The highest BCUT2D eigenvalue weighted by molar-refractivity contribution is 5.67. The minimum absolute atomic E-state index is 0.369. The highest BCUT2D eigenvalue weighted by Crippen LogP contribution is 2.25. The van der Waals surface area contributed by atoms with Crippen molar-refractivity contribution >= 4 is 6.09 Å². The number of fused-ring (bicyclic) bond motifs is 1. The first-order chi connectivity index (χ1) is 9.44. The number of aryl methyl sites for hydroxylation is 1. The smallest absolute Gasteiger partial charge is 0.407 e. The van der Waals surface area contributed by atoms with E-state index < -0.39 is 5.60 Å². The maximum Gasteiger partial charge on any atom is 0.407 e. The molecule has 2 rings (SSSR count). The second kappa shape index (κ2) is 6.16. The summed E-state index contributed by atoms with van der Waals surface area (Å²) in [7, 11) is 0. The zero-order valence-corrected chi connectivity index (χ0v) is 12.5. The van der Waals surface area contributed by atoms with Crippen molar-refractivity contribution in [3.8, 4) is 5.75 Å². The van der Waals surface area contributed by atoms with E-state index in [-0.39, 0.29) is 6.09 Å². The number of rotatable bonds is 3. The van der Waals surface area contributed by atoms with Gasteiger partial charge in [-0.15, -0.1) is 0 Å². The van der Waals surface area contributed by atoms with Crippen molar-refractivity contribution in [3.63, 3.8) is 0 Å². The Balaban J connectivity index is 1.81. The van der Waals surface area contributed by atoms with Crippen LogP contribution in [0.3, 0.4) is 0 Å². The Bertz CT molecular complexity index is 477. The Morgan fingerprint density at radius 1 is 1.40 bits per heavy atom. The molecule has 0 atom stereocenters. The van der Waals surface area contributed by atoms with Gasteiger partial charge in [0, 0.05) is 6.54 Å². The van der Waals surface area contributed by atoms with Gasteiger partial charge in [-0.3, -0.25) is 0 Å². The topological polar surface area (TPSA) is 47.6 Å². The predicted molar refractivity (Wildman–Crippen MR) is 78.2 cm³/mol. The fourth-order valence-corrected chi connectivity index (χ4v) is 2.16. The van der Waals surface area contributed by atoms with Gasteiger partial charge in [-0.05, 0) is 57.2 Å². The van der Waals surface area contributed by atoms with E-state index in [1.54, 1.807) is 0 Å². The van der Waals surface area contributed by atoms with E-state index in [1.165, 1.54) is 11.1 Å². The van der Waals surface area contributed by atoms with Gasteiger partial charge in [0.25, 0.3) is 0 Å². The lowest BCUT2D eigenvalue weighted by Crippen LogP contribution is -2.33. The first kappa shape index (κ1) is 14.7. The molecular weight excluding hydrogens is 254 g/mol. The van der Waals surface area contributed by atoms with Crippen LogP contribution in [-0.4, -0.2) is 24.8 Å². The third-order valence-corrected chi connectivity index (χ3v) is 3.06. The third kappa shape index (κ3) is 4.44. The molecule has 0 radical (unpaired) electrons. The standard InChI is InChI=1S/C16H23NO3/c1-16(2,3)20-15(18)17-9-8-12-6-7-13-5-4-10-19-14(13)11-12/h6-7,11H,4-5,8-10H2,1-3H3,(H,17,18). The van der Waals surface area contributed by atoms with Crippen molar-refractivity contribution in [2.75, 3.05) is 13.2 Å². The van der Waals surface area contributed by atoms with E-state index in [4.69, 9.17) is 9.47 Å². The molecule has 0 saturated carbocycles. The molecule has 20 heavy (non-hydrogen) atoms. The lowest BCUT2D eigenvalue weighted by molar-refractivity contribution is 0.0528. The Morgan fingerprint density at radius 3 is 2.95 bits per heavy atom. The number of hydrogen-bond acceptors (Lipinski definition) is 3. The molecule has 110 valence electrons. The van der Waals surface area contributed by atoms with Gasteiger partial charge in [0.15, 0.2) is 0 Å². The van der Waals surface area contributed by atoms with Crippen LogP contribution in [0, 0.1) is 0 Å². The maximum absolute atomic E-state index is 11.5. The monoisotopic (exact) mass is 277 g/mol. The molecule has 0 fully saturated rings. The summed E-state index contributed by atoms with van der Waals surface area (Å²) in [4.78, 5) is 11.5. The number of alkyl carbamates (subject to hydrolysis) is 1. The van der Waals surface area contributed by atoms with Gasteiger partial charge < -0.3 is 14.8 Å². The number of carbonyl (C=O) groups excluding carboxylic acids is 1. The molecule has 1 aliphatic rings. The summed E-state index contributed by atoms with van der Waals surface area (Å²) < 4.78 is 10.8. The zero-order valence-electron chi connectivity index (χ0n) is 12.5. The summed E-state index contributed by atoms with van der Waals surface area (Å²) in [6, 6.07) is 6.30. The number of benzene rings is 1. The first-order valence-corrected chi connectivity index (χ1v) is 7.15. The van der Waals surface area contributed by atoms with Gasteiger partial charge in [0.1, 0.15) is 11.4 Å². The maximum atomic E-state index is 11.5. The Labute approximate surface area is 120 Å². The number of nitrogens with one attached hydrogen (secondary N) is 1. The van der Waals surface area contributed by atoms with Crippen molar-refractivity contribution in [1.29, 1.82) is 0 Å². The Hall–Kier alpha value is -1.71. The summed E-state index contributed by atoms with van der Waals surface area (Å²) in [5.41, 5.74) is 1.99. The van der Waals surface area contributed by atoms with Crippen LogP contribution < -0.4 is 10.1 Å². The van der Waals surface area contributed by atoms with Gasteiger partial charge in [-0.25, -0.2) is 4.79 Å². The van der Waals surface area contributed by atoms with E-state index in [1.807, 2.05) is 20.8 Å². The molecule has 1 amide bonds. The quantitative estimate of drug-likeness (QED) is 0.923. The second-order valence-electron chi connectivity index (χ2n) is 6.07. The van der Waals surface area contributed by atoms with Gasteiger partial charge in [-0.2, -0.15) is 0 Å². The molecular formula is C16H23NO3. The molecule has 1 heterocycles. The molecule has 0 saturated heterocycles. The highest BCUT2D eigenvalue weighted by atomic mass is 16.6. The molecule has 0 unspecified atom stereocenters. The molecule has 4 heteroatoms. The van der Waals surface area contributed by atoms with Crippen molar-refractivity contribution in [3.05, 3.63) is 29.3 Å². The minimum atomic E-state index is -0.455. The number of ether oxygens (including phenoxy) is 2. The van der Waals surface area contributed by atoms with E-state index in [0.29, 0.717) is 6.54 Å². The van der Waals surface area contributed by atoms with Crippen LogP contribution in [0.1, 0.15) is 38.3 Å². The summed E-state index contributed by atoms with van der Waals surface area (Å²) >= 11 is 0. The summed E-state index contributed by atoms with van der Waals surface area (Å²) in [5, 5.41) is 2.77. The van der Waals surface area contributed by atoms with E-state index in [0.717, 1.165) is 31.6 Å². The summed E-state index contributed by atoms with van der Waals surface area (Å²) in [6.45, 7) is 6.93. The van der Waals surface area contributed by atoms with Gasteiger partial charge >= 0.3 is 6.09 Å². The van der Waals surface area contributed by atoms with Crippen LogP contribution in [-0.2, 0) is 17.6 Å². The van der Waals surface area contributed by atoms with Crippen molar-refractivity contribution < 1.29 is 14.3 Å². The Kier molecular flexibility index (Phi) is 4.53. The van der Waals surface area contributed by atoms with E-state index in [2.05, 4.69) is 23.5 Å². The van der Waals surface area contributed by atoms with Gasteiger partial charge in [-0.1, -0.05) is 12.1 Å². The van der Waals surface area contributed by atoms with Crippen molar-refractivity contribution in [2.24, 2.45) is 0 Å². The predicted octanol–water partition coefficient (Wildman–Crippen LogP) is 3.08. The van der Waals surface area contributed by atoms with E-state index >= 15 is 0 Å². The van der Waals surface area contributed by atoms with Crippen LogP contribution in [0.5, 0.6) is 5.75 Å². The zero-order chi connectivity index (χ0) is 14.6. The van der Waals surface area contributed by atoms with Crippen LogP contribution in [0.4, 0.5) is 4.79 Å². The van der Waals surface area contributed by atoms with Gasteiger partial charge in [0.05, 0.1) is 6.61 Å². The fourth-order valence-electron chi connectivity index (χ4n) is 2.16. The molecule has 4 nitrogen and oxygen atoms in total. The average Bonchev–Trinajstić information content (AvgIpc) is 2.36. The van der Waals surface area contributed by atoms with E-state index in [9.17, 15) is 4.79 Å². The fraction of sp³-hybridized carbons (Fsp3) is 0.562. The molecule has 0 aliphatic carbocycles. The number of carbonyl (C=O) groups is 1. The largest absolute Gasteiger partial charge is 0.493 e. The lowest BCUT2D eigenvalue weighted by Gasteiger charge is -2.20. The normalized spacial score (nSPS) is 14.2. The van der Waals surface area contributed by atoms with Crippen LogP contribution in [0.15, 0.2) is 18.2 Å².